The third kappa shape index (κ3) is 3.26. The zero-order chi connectivity index (χ0) is 14.5. The summed E-state index contributed by atoms with van der Waals surface area (Å²) in [6.07, 6.45) is 2.78. The quantitative estimate of drug-likeness (QED) is 0.822. The monoisotopic (exact) mass is 281 g/mol. The van der Waals surface area contributed by atoms with Gasteiger partial charge in [-0.2, -0.15) is 0 Å². The molecule has 0 saturated heterocycles. The number of rotatable bonds is 6. The molecule has 0 amide bonds. The minimum atomic E-state index is 0.254. The van der Waals surface area contributed by atoms with Gasteiger partial charge < -0.3 is 14.8 Å². The molecule has 1 aliphatic rings. The van der Waals surface area contributed by atoms with Gasteiger partial charge in [0.05, 0.1) is 0 Å². The molecule has 0 aliphatic carbocycles. The van der Waals surface area contributed by atoms with Gasteiger partial charge in [-0.05, 0) is 29.7 Å². The van der Waals surface area contributed by atoms with Gasteiger partial charge >= 0.3 is 0 Å². The lowest BCUT2D eigenvalue weighted by molar-refractivity contribution is 0.174. The molecule has 1 N–H and O–H groups in total. The molecule has 3 rings (SSSR count). The lowest BCUT2D eigenvalue weighted by Crippen LogP contribution is -2.23. The van der Waals surface area contributed by atoms with Gasteiger partial charge in [0.2, 0.25) is 6.79 Å². The van der Waals surface area contributed by atoms with Crippen LogP contribution in [0.4, 0.5) is 0 Å². The molecular formula is C18H19NO2. The van der Waals surface area contributed by atoms with E-state index in [0.29, 0.717) is 6.79 Å². The molecule has 21 heavy (non-hydrogen) atoms. The highest BCUT2D eigenvalue weighted by Crippen LogP contribution is 2.33. The van der Waals surface area contributed by atoms with Crippen LogP contribution in [0.5, 0.6) is 11.5 Å². The summed E-state index contributed by atoms with van der Waals surface area (Å²) in [5.74, 6) is 1.66. The molecule has 3 nitrogen and oxygen atoms in total. The second kappa shape index (κ2) is 6.46. The maximum absolute atomic E-state index is 5.45. The highest BCUT2D eigenvalue weighted by molar-refractivity contribution is 5.44. The number of benzene rings is 2. The fourth-order valence-electron chi connectivity index (χ4n) is 2.52. The Morgan fingerprint density at radius 3 is 2.71 bits per heavy atom. The third-order valence-corrected chi connectivity index (χ3v) is 3.59. The van der Waals surface area contributed by atoms with Crippen molar-refractivity contribution in [3.8, 4) is 11.5 Å². The lowest BCUT2D eigenvalue weighted by Gasteiger charge is -2.18. The van der Waals surface area contributed by atoms with Crippen LogP contribution in [0, 0.1) is 0 Å². The molecule has 3 heteroatoms. The second-order valence-corrected chi connectivity index (χ2v) is 5.05. The normalized spacial score (nSPS) is 13.9. The Balaban J connectivity index is 1.79. The molecule has 1 heterocycles. The topological polar surface area (TPSA) is 30.5 Å². The molecule has 1 atom stereocenters. The molecule has 1 unspecified atom stereocenters. The zero-order valence-electron chi connectivity index (χ0n) is 11.9. The predicted molar refractivity (Wildman–Crippen MR) is 83.7 cm³/mol. The molecule has 1 aliphatic heterocycles. The maximum atomic E-state index is 5.45. The Kier molecular flexibility index (Phi) is 4.22. The van der Waals surface area contributed by atoms with E-state index in [4.69, 9.17) is 9.47 Å². The summed E-state index contributed by atoms with van der Waals surface area (Å²) < 4.78 is 10.8. The van der Waals surface area contributed by atoms with Gasteiger partial charge in [-0.15, -0.1) is 6.58 Å². The minimum Gasteiger partial charge on any atom is -0.454 e. The molecule has 0 radical (unpaired) electrons. The second-order valence-electron chi connectivity index (χ2n) is 5.05. The van der Waals surface area contributed by atoms with Gasteiger partial charge in [0.15, 0.2) is 11.5 Å². The van der Waals surface area contributed by atoms with Crippen LogP contribution in [0.25, 0.3) is 0 Å². The van der Waals surface area contributed by atoms with Crippen molar-refractivity contribution in [2.75, 3.05) is 13.3 Å². The Hall–Kier alpha value is -2.26. The fourth-order valence-corrected chi connectivity index (χ4v) is 2.52. The Bertz CT molecular complexity index is 610. The van der Waals surface area contributed by atoms with E-state index < -0.39 is 0 Å². The lowest BCUT2D eigenvalue weighted by atomic mass is 9.98. The van der Waals surface area contributed by atoms with Crippen molar-refractivity contribution >= 4 is 0 Å². The number of hydrogen-bond donors (Lipinski definition) is 1. The van der Waals surface area contributed by atoms with Crippen molar-refractivity contribution in [3.63, 3.8) is 0 Å². The zero-order valence-corrected chi connectivity index (χ0v) is 11.9. The van der Waals surface area contributed by atoms with Crippen molar-refractivity contribution < 1.29 is 9.47 Å². The minimum absolute atomic E-state index is 0.254. The van der Waals surface area contributed by atoms with Crippen LogP contribution >= 0.6 is 0 Å². The molecule has 0 bridgehead atoms. The largest absolute Gasteiger partial charge is 0.454 e. The van der Waals surface area contributed by atoms with Crippen molar-refractivity contribution in [3.05, 3.63) is 72.3 Å². The summed E-state index contributed by atoms with van der Waals surface area (Å²) in [4.78, 5) is 0. The summed E-state index contributed by atoms with van der Waals surface area (Å²) in [5.41, 5.74) is 2.50. The first-order chi connectivity index (χ1) is 10.4. The summed E-state index contributed by atoms with van der Waals surface area (Å²) in [5, 5.41) is 3.51. The SMILES string of the molecule is C=CCNC(Cc1ccc2c(c1)OCO2)c1ccccc1. The van der Waals surface area contributed by atoms with Crippen LogP contribution in [0.2, 0.25) is 0 Å². The van der Waals surface area contributed by atoms with E-state index >= 15 is 0 Å². The highest BCUT2D eigenvalue weighted by Gasteiger charge is 2.16. The summed E-state index contributed by atoms with van der Waals surface area (Å²) >= 11 is 0. The van der Waals surface area contributed by atoms with Crippen LogP contribution in [-0.4, -0.2) is 13.3 Å². The average Bonchev–Trinajstić information content (AvgIpc) is 3.00. The standard InChI is InChI=1S/C18H19NO2/c1-2-10-19-16(15-6-4-3-5-7-15)11-14-8-9-17-18(12-14)21-13-20-17/h2-9,12,16,19H,1,10-11,13H2. The summed E-state index contributed by atoms with van der Waals surface area (Å²) in [6, 6.07) is 16.9. The Morgan fingerprint density at radius 1 is 1.10 bits per heavy atom. The van der Waals surface area contributed by atoms with E-state index in [1.54, 1.807) is 0 Å². The maximum Gasteiger partial charge on any atom is 0.231 e. The summed E-state index contributed by atoms with van der Waals surface area (Å²) in [6.45, 7) is 4.88. The molecule has 0 saturated carbocycles. The molecule has 108 valence electrons. The Labute approximate surface area is 125 Å². The molecule has 2 aromatic rings. The van der Waals surface area contributed by atoms with Crippen molar-refractivity contribution in [1.29, 1.82) is 0 Å². The van der Waals surface area contributed by atoms with E-state index in [-0.39, 0.29) is 6.04 Å². The van der Waals surface area contributed by atoms with Gasteiger partial charge in [0.1, 0.15) is 0 Å². The number of nitrogens with one attached hydrogen (secondary N) is 1. The van der Waals surface area contributed by atoms with Gasteiger partial charge in [-0.3, -0.25) is 0 Å². The van der Waals surface area contributed by atoms with Crippen LogP contribution in [0.1, 0.15) is 17.2 Å². The molecule has 0 aromatic heterocycles. The van der Waals surface area contributed by atoms with Gasteiger partial charge in [-0.1, -0.05) is 42.5 Å². The molecule has 2 aromatic carbocycles. The molecule has 0 spiro atoms. The smallest absolute Gasteiger partial charge is 0.231 e. The van der Waals surface area contributed by atoms with Crippen LogP contribution < -0.4 is 14.8 Å². The van der Waals surface area contributed by atoms with Crippen molar-refractivity contribution in [1.82, 2.24) is 5.32 Å². The van der Waals surface area contributed by atoms with Gasteiger partial charge in [0.25, 0.3) is 0 Å². The van der Waals surface area contributed by atoms with Gasteiger partial charge in [0, 0.05) is 12.6 Å². The number of ether oxygens (including phenoxy) is 2. The van der Waals surface area contributed by atoms with Crippen LogP contribution in [-0.2, 0) is 6.42 Å². The predicted octanol–water partition coefficient (Wildman–Crippen LogP) is 3.47. The summed E-state index contributed by atoms with van der Waals surface area (Å²) in [7, 11) is 0. The molecular weight excluding hydrogens is 262 g/mol. The van der Waals surface area contributed by atoms with Crippen LogP contribution in [0.15, 0.2) is 61.2 Å². The van der Waals surface area contributed by atoms with E-state index in [2.05, 4.69) is 48.3 Å². The van der Waals surface area contributed by atoms with Crippen molar-refractivity contribution in [2.24, 2.45) is 0 Å². The Morgan fingerprint density at radius 2 is 1.90 bits per heavy atom. The number of hydrogen-bond acceptors (Lipinski definition) is 3. The van der Waals surface area contributed by atoms with Crippen molar-refractivity contribution in [2.45, 2.75) is 12.5 Å². The average molecular weight is 281 g/mol. The van der Waals surface area contributed by atoms with E-state index in [9.17, 15) is 0 Å². The third-order valence-electron chi connectivity index (χ3n) is 3.59. The first-order valence-electron chi connectivity index (χ1n) is 7.14. The highest BCUT2D eigenvalue weighted by atomic mass is 16.7. The van der Waals surface area contributed by atoms with E-state index in [1.807, 2.05) is 18.2 Å². The first kappa shape index (κ1) is 13.7. The molecule has 0 fully saturated rings. The number of fused-ring (bicyclic) bond motifs is 1. The van der Waals surface area contributed by atoms with E-state index in [0.717, 1.165) is 24.5 Å². The van der Waals surface area contributed by atoms with E-state index in [1.165, 1.54) is 11.1 Å². The van der Waals surface area contributed by atoms with Gasteiger partial charge in [-0.25, -0.2) is 0 Å². The van der Waals surface area contributed by atoms with Crippen LogP contribution in [0.3, 0.4) is 0 Å². The fraction of sp³-hybridized carbons (Fsp3) is 0.222. The first-order valence-corrected chi connectivity index (χ1v) is 7.14.